The van der Waals surface area contributed by atoms with E-state index in [4.69, 9.17) is 0 Å². The van der Waals surface area contributed by atoms with E-state index in [0.29, 0.717) is 0 Å². The van der Waals surface area contributed by atoms with E-state index in [2.05, 4.69) is 4.98 Å². The number of benzene rings is 1. The summed E-state index contributed by atoms with van der Waals surface area (Å²) in [6, 6.07) is 2.95. The van der Waals surface area contributed by atoms with Crippen LogP contribution in [-0.4, -0.2) is 22.6 Å². The molecule has 0 saturated heterocycles. The molecule has 0 saturated carbocycles. The Hall–Kier alpha value is -1.71. The lowest BCUT2D eigenvalue weighted by Crippen LogP contribution is -2.39. The van der Waals surface area contributed by atoms with Gasteiger partial charge in [-0.2, -0.15) is 22.0 Å². The largest absolute Gasteiger partial charge is 0.426 e. The fraction of sp³-hybridized carbons (Fsp3) is 0.308. The van der Waals surface area contributed by atoms with Crippen LogP contribution in [0.3, 0.4) is 0 Å². The molecule has 0 aliphatic heterocycles. The molecule has 1 aromatic carbocycles. The van der Waals surface area contributed by atoms with Crippen molar-refractivity contribution in [3.05, 3.63) is 39.9 Å². The average molecular weight is 359 g/mol. The van der Waals surface area contributed by atoms with Crippen LogP contribution in [0.5, 0.6) is 0 Å². The Bertz CT molecular complexity index is 799. The molecule has 0 fully saturated rings. The maximum absolute atomic E-state index is 13.5. The average Bonchev–Trinajstić information content (AvgIpc) is 2.42. The number of hydrogen-bond acceptors (Lipinski definition) is 2. The summed E-state index contributed by atoms with van der Waals surface area (Å²) in [5.41, 5.74) is -1.16. The van der Waals surface area contributed by atoms with Crippen LogP contribution in [0.25, 0.3) is 10.9 Å². The maximum atomic E-state index is 13.5. The molecule has 2 rings (SSSR count). The molecule has 1 heterocycles. The number of aromatic amines is 1. The first kappa shape index (κ1) is 17.6. The van der Waals surface area contributed by atoms with E-state index in [1.807, 2.05) is 0 Å². The summed E-state index contributed by atoms with van der Waals surface area (Å²) in [5.74, 6) is -0.826. The van der Waals surface area contributed by atoms with E-state index in [0.717, 1.165) is 12.1 Å². The number of alkyl halides is 6. The predicted molar refractivity (Wildman–Crippen MR) is 71.0 cm³/mol. The summed E-state index contributed by atoms with van der Waals surface area (Å²) in [7, 11) is 0. The van der Waals surface area contributed by atoms with Gasteiger partial charge in [-0.25, -0.2) is 8.78 Å². The third-order valence-corrected chi connectivity index (χ3v) is 4.09. The Labute approximate surface area is 128 Å². The minimum absolute atomic E-state index is 0.120. The van der Waals surface area contributed by atoms with Crippen molar-refractivity contribution in [1.82, 2.24) is 4.98 Å². The zero-order valence-corrected chi connectivity index (χ0v) is 12.1. The third-order valence-electron chi connectivity index (χ3n) is 2.92. The molecule has 0 aliphatic rings. The molecule has 2 aromatic rings. The number of aryl methyl sites for hydroxylation is 1. The van der Waals surface area contributed by atoms with E-state index in [1.54, 1.807) is 0 Å². The minimum atomic E-state index is -5.78. The minimum Gasteiger partial charge on any atom is -0.357 e. The van der Waals surface area contributed by atoms with Crippen LogP contribution in [-0.2, 0) is 0 Å². The summed E-state index contributed by atoms with van der Waals surface area (Å²) in [6.07, 6.45) is -10.2. The zero-order valence-electron chi connectivity index (χ0n) is 11.3. The van der Waals surface area contributed by atoms with Crippen LogP contribution in [0.4, 0.5) is 30.7 Å². The zero-order chi connectivity index (χ0) is 17.6. The lowest BCUT2D eigenvalue weighted by Gasteiger charge is -2.22. The van der Waals surface area contributed by atoms with Gasteiger partial charge >= 0.3 is 11.4 Å². The van der Waals surface area contributed by atoms with Crippen molar-refractivity contribution >= 4 is 22.7 Å². The van der Waals surface area contributed by atoms with Gasteiger partial charge < -0.3 is 4.98 Å². The second-order valence-electron chi connectivity index (χ2n) is 4.67. The fourth-order valence-electron chi connectivity index (χ4n) is 1.87. The van der Waals surface area contributed by atoms with Gasteiger partial charge in [0.25, 0.3) is 6.17 Å². The molecule has 10 heteroatoms. The van der Waals surface area contributed by atoms with Gasteiger partial charge in [0.1, 0.15) is 5.82 Å². The van der Waals surface area contributed by atoms with Gasteiger partial charge in [0.05, 0.1) is 4.90 Å². The van der Waals surface area contributed by atoms with Gasteiger partial charge in [-0.1, -0.05) is 0 Å². The number of rotatable bonds is 3. The summed E-state index contributed by atoms with van der Waals surface area (Å²) in [6.45, 7) is 1.17. The first-order chi connectivity index (χ1) is 10.4. The number of fused-ring (bicyclic) bond motifs is 1. The Morgan fingerprint density at radius 2 is 1.78 bits per heavy atom. The van der Waals surface area contributed by atoms with E-state index >= 15 is 0 Å². The Balaban J connectivity index is 2.54. The highest BCUT2D eigenvalue weighted by Gasteiger charge is 2.57. The monoisotopic (exact) mass is 359 g/mol. The van der Waals surface area contributed by atoms with Crippen molar-refractivity contribution in [2.24, 2.45) is 0 Å². The molecule has 1 N–H and O–H groups in total. The van der Waals surface area contributed by atoms with Crippen molar-refractivity contribution in [3.8, 4) is 0 Å². The van der Waals surface area contributed by atoms with E-state index in [-0.39, 0.29) is 16.6 Å². The van der Waals surface area contributed by atoms with Crippen molar-refractivity contribution < 1.29 is 30.7 Å². The molecule has 0 bridgehead atoms. The lowest BCUT2D eigenvalue weighted by atomic mass is 10.2. The second kappa shape index (κ2) is 5.73. The van der Waals surface area contributed by atoms with Gasteiger partial charge in [0, 0.05) is 16.6 Å². The topological polar surface area (TPSA) is 32.9 Å². The molecule has 0 unspecified atom stereocenters. The van der Waals surface area contributed by atoms with Crippen molar-refractivity contribution in [3.63, 3.8) is 0 Å². The number of pyridine rings is 1. The molecular formula is C13H8F7NOS. The first-order valence-electron chi connectivity index (χ1n) is 6.03. The van der Waals surface area contributed by atoms with Gasteiger partial charge in [0.2, 0.25) is 5.43 Å². The summed E-state index contributed by atoms with van der Waals surface area (Å²) in [4.78, 5) is 13.8. The predicted octanol–water partition coefficient (Wildman–Crippen LogP) is 4.56. The molecule has 0 radical (unpaired) electrons. The van der Waals surface area contributed by atoms with Crippen LogP contribution in [0.15, 0.2) is 27.9 Å². The Morgan fingerprint density at radius 3 is 2.35 bits per heavy atom. The molecule has 2 nitrogen and oxygen atoms in total. The molecule has 0 spiro atoms. The van der Waals surface area contributed by atoms with E-state index in [9.17, 15) is 35.5 Å². The third kappa shape index (κ3) is 3.46. The van der Waals surface area contributed by atoms with Gasteiger partial charge in [-0.05, 0) is 36.9 Å². The number of halogens is 7. The normalized spacial score (nSPS) is 14.3. The molecule has 1 atom stereocenters. The summed E-state index contributed by atoms with van der Waals surface area (Å²) < 4.78 is 89.5. The molecule has 23 heavy (non-hydrogen) atoms. The van der Waals surface area contributed by atoms with Crippen LogP contribution in [0.1, 0.15) is 5.69 Å². The van der Waals surface area contributed by atoms with Crippen molar-refractivity contribution in [2.45, 2.75) is 29.4 Å². The second-order valence-corrected chi connectivity index (χ2v) is 5.82. The first-order valence-corrected chi connectivity index (χ1v) is 6.85. The Kier molecular flexibility index (Phi) is 4.40. The standard InChI is InChI=1S/C13H8F7NOS/c1-5-10(23-13(19,20)11(15)12(16,17)18)9(22)7-4-6(14)2-3-8(7)21-5/h2-4,11H,1H3,(H,21,22)/t11-/m0/s1. The maximum Gasteiger partial charge on any atom is 0.426 e. The van der Waals surface area contributed by atoms with Crippen LogP contribution >= 0.6 is 11.8 Å². The highest BCUT2D eigenvalue weighted by Crippen LogP contribution is 2.45. The summed E-state index contributed by atoms with van der Waals surface area (Å²) >= 11 is -0.840. The van der Waals surface area contributed by atoms with Gasteiger partial charge in [-0.15, -0.1) is 0 Å². The Morgan fingerprint density at radius 1 is 1.17 bits per heavy atom. The SMILES string of the molecule is Cc1[nH]c2ccc(F)cc2c(=O)c1SC(F)(F)[C@@H](F)C(F)(F)F. The number of aromatic nitrogens is 1. The van der Waals surface area contributed by atoms with E-state index < -0.39 is 45.5 Å². The quantitative estimate of drug-likeness (QED) is 0.644. The number of hydrogen-bond donors (Lipinski definition) is 1. The fourth-order valence-corrected chi connectivity index (χ4v) is 2.78. The number of nitrogens with one attached hydrogen (secondary N) is 1. The molecule has 0 aliphatic carbocycles. The van der Waals surface area contributed by atoms with Crippen LogP contribution < -0.4 is 5.43 Å². The van der Waals surface area contributed by atoms with Crippen molar-refractivity contribution in [1.29, 1.82) is 0 Å². The lowest BCUT2D eigenvalue weighted by molar-refractivity contribution is -0.219. The highest BCUT2D eigenvalue weighted by atomic mass is 32.2. The van der Waals surface area contributed by atoms with E-state index in [1.165, 1.54) is 13.0 Å². The highest BCUT2D eigenvalue weighted by molar-refractivity contribution is 8.00. The number of H-pyrrole nitrogens is 1. The van der Waals surface area contributed by atoms with Gasteiger partial charge in [-0.3, -0.25) is 4.79 Å². The molecular weight excluding hydrogens is 351 g/mol. The number of thioether (sulfide) groups is 1. The van der Waals surface area contributed by atoms with Crippen LogP contribution in [0.2, 0.25) is 0 Å². The smallest absolute Gasteiger partial charge is 0.357 e. The molecule has 126 valence electrons. The van der Waals surface area contributed by atoms with Crippen molar-refractivity contribution in [2.75, 3.05) is 0 Å². The summed E-state index contributed by atoms with van der Waals surface area (Å²) in [5, 5.41) is -5.23. The van der Waals surface area contributed by atoms with Crippen LogP contribution in [0, 0.1) is 12.7 Å². The molecule has 0 amide bonds. The van der Waals surface area contributed by atoms with Gasteiger partial charge in [0.15, 0.2) is 0 Å². The molecule has 1 aromatic heterocycles.